The number of alkyl halides is 3. The lowest BCUT2D eigenvalue weighted by molar-refractivity contribution is -0.137. The summed E-state index contributed by atoms with van der Waals surface area (Å²) in [7, 11) is 0. The van der Waals surface area contributed by atoms with E-state index >= 15 is 0 Å². The number of halogens is 4. The van der Waals surface area contributed by atoms with E-state index in [0.717, 1.165) is 24.1 Å². The molecule has 0 fully saturated rings. The van der Waals surface area contributed by atoms with E-state index in [1.807, 2.05) is 6.92 Å². The Balaban J connectivity index is 2.04. The monoisotopic (exact) mass is 322 g/mol. The van der Waals surface area contributed by atoms with E-state index in [1.165, 1.54) is 30.6 Å². The molecule has 0 amide bonds. The van der Waals surface area contributed by atoms with Crippen LogP contribution in [0.4, 0.5) is 17.6 Å². The highest BCUT2D eigenvalue weighted by Gasteiger charge is 2.29. The smallest absolute Gasteiger partial charge is 0.206 e. The van der Waals surface area contributed by atoms with Crippen molar-refractivity contribution < 1.29 is 17.6 Å². The molecule has 0 aliphatic rings. The Hall–Kier alpha value is -2.50. The van der Waals surface area contributed by atoms with Gasteiger partial charge >= 0.3 is 6.18 Å². The van der Waals surface area contributed by atoms with Crippen molar-refractivity contribution in [1.82, 2.24) is 0 Å². The van der Waals surface area contributed by atoms with Crippen LogP contribution in [0.2, 0.25) is 0 Å². The summed E-state index contributed by atoms with van der Waals surface area (Å²) >= 11 is 0. The van der Waals surface area contributed by atoms with Crippen molar-refractivity contribution in [3.05, 3.63) is 70.5 Å². The lowest BCUT2D eigenvalue weighted by atomic mass is 10.1. The second kappa shape index (κ2) is 7.17. The summed E-state index contributed by atoms with van der Waals surface area (Å²) in [6.45, 7) is 1.93. The summed E-state index contributed by atoms with van der Waals surface area (Å²) in [4.78, 5) is 0. The van der Waals surface area contributed by atoms with E-state index in [2.05, 4.69) is 10.2 Å². The fourth-order valence-electron chi connectivity index (χ4n) is 1.85. The van der Waals surface area contributed by atoms with Crippen molar-refractivity contribution in [1.29, 1.82) is 0 Å². The predicted molar refractivity (Wildman–Crippen MR) is 82.4 cm³/mol. The zero-order valence-electron chi connectivity index (χ0n) is 12.3. The fourth-order valence-corrected chi connectivity index (χ4v) is 1.85. The van der Waals surface area contributed by atoms with Gasteiger partial charge < -0.3 is 0 Å². The lowest BCUT2D eigenvalue weighted by Gasteiger charge is -2.05. The molecule has 120 valence electrons. The van der Waals surface area contributed by atoms with Crippen molar-refractivity contribution in [2.24, 2.45) is 10.2 Å². The van der Waals surface area contributed by atoms with Gasteiger partial charge in [-0.25, -0.2) is 4.39 Å². The van der Waals surface area contributed by atoms with Gasteiger partial charge in [-0.2, -0.15) is 23.4 Å². The van der Waals surface area contributed by atoms with Crippen LogP contribution in [-0.4, -0.2) is 12.4 Å². The first-order valence-corrected chi connectivity index (χ1v) is 6.92. The molecule has 0 radical (unpaired) electrons. The third-order valence-electron chi connectivity index (χ3n) is 3.18. The molecule has 0 N–H and O–H groups in total. The summed E-state index contributed by atoms with van der Waals surface area (Å²) < 4.78 is 50.9. The molecule has 0 aliphatic carbocycles. The number of hydrogen-bond donors (Lipinski definition) is 0. The highest BCUT2D eigenvalue weighted by molar-refractivity contribution is 5.82. The van der Waals surface area contributed by atoms with Crippen LogP contribution in [0.25, 0.3) is 0 Å². The number of benzene rings is 2. The Morgan fingerprint density at radius 1 is 0.957 bits per heavy atom. The molecule has 2 aromatic rings. The molecule has 0 saturated carbocycles. The molecule has 6 heteroatoms. The van der Waals surface area contributed by atoms with Crippen LogP contribution in [0.15, 0.2) is 52.7 Å². The van der Waals surface area contributed by atoms with Crippen molar-refractivity contribution in [3.8, 4) is 0 Å². The van der Waals surface area contributed by atoms with E-state index in [-0.39, 0.29) is 0 Å². The summed E-state index contributed by atoms with van der Waals surface area (Å²) in [6.07, 6.45) is -1.07. The third-order valence-corrected chi connectivity index (χ3v) is 3.18. The maximum absolute atomic E-state index is 13.7. The van der Waals surface area contributed by atoms with Crippen LogP contribution >= 0.6 is 0 Å². The molecule has 0 bridgehead atoms. The standard InChI is InChI=1S/C17H14F4N2/c1-2-12-3-6-14(16(18)9-12)11-23-22-10-13-4-7-15(8-5-13)17(19,20)21/h3-11H,2H2,1H3/b22-10+,23-11+. The Morgan fingerprint density at radius 2 is 1.61 bits per heavy atom. The number of hydrogen-bond acceptors (Lipinski definition) is 2. The second-order valence-corrected chi connectivity index (χ2v) is 4.82. The van der Waals surface area contributed by atoms with Crippen LogP contribution in [-0.2, 0) is 12.6 Å². The van der Waals surface area contributed by atoms with E-state index < -0.39 is 17.6 Å². The minimum Gasteiger partial charge on any atom is -0.206 e. The molecule has 0 spiro atoms. The summed E-state index contributed by atoms with van der Waals surface area (Å²) in [6, 6.07) is 9.34. The summed E-state index contributed by atoms with van der Waals surface area (Å²) in [5.41, 5.74) is 0.924. The van der Waals surface area contributed by atoms with E-state index in [0.29, 0.717) is 11.1 Å². The first kappa shape index (κ1) is 16.9. The molecule has 2 nitrogen and oxygen atoms in total. The van der Waals surface area contributed by atoms with Gasteiger partial charge in [0.05, 0.1) is 18.0 Å². The lowest BCUT2D eigenvalue weighted by Crippen LogP contribution is -2.04. The maximum Gasteiger partial charge on any atom is 0.416 e. The zero-order valence-corrected chi connectivity index (χ0v) is 12.3. The fraction of sp³-hybridized carbons (Fsp3) is 0.176. The van der Waals surface area contributed by atoms with Crippen molar-refractivity contribution in [3.63, 3.8) is 0 Å². The topological polar surface area (TPSA) is 24.7 Å². The van der Waals surface area contributed by atoms with Crippen LogP contribution in [0.1, 0.15) is 29.2 Å². The average molecular weight is 322 g/mol. The van der Waals surface area contributed by atoms with Gasteiger partial charge in [-0.15, -0.1) is 0 Å². The molecule has 0 unspecified atom stereocenters. The Bertz CT molecular complexity index is 716. The van der Waals surface area contributed by atoms with Crippen molar-refractivity contribution in [2.75, 3.05) is 0 Å². The third kappa shape index (κ3) is 4.74. The molecular formula is C17H14F4N2. The van der Waals surface area contributed by atoms with Crippen LogP contribution in [0.5, 0.6) is 0 Å². The van der Waals surface area contributed by atoms with Gasteiger partial charge in [-0.05, 0) is 35.7 Å². The molecule has 0 atom stereocenters. The molecule has 0 saturated heterocycles. The second-order valence-electron chi connectivity index (χ2n) is 4.82. The first-order chi connectivity index (χ1) is 10.9. The number of rotatable bonds is 4. The Morgan fingerprint density at radius 3 is 2.17 bits per heavy atom. The number of nitrogens with zero attached hydrogens (tertiary/aromatic N) is 2. The van der Waals surface area contributed by atoms with Crippen LogP contribution < -0.4 is 0 Å². The first-order valence-electron chi connectivity index (χ1n) is 6.92. The van der Waals surface area contributed by atoms with E-state index in [9.17, 15) is 17.6 Å². The molecule has 2 aromatic carbocycles. The van der Waals surface area contributed by atoms with Gasteiger partial charge in [-0.3, -0.25) is 0 Å². The maximum atomic E-state index is 13.7. The summed E-state index contributed by atoms with van der Waals surface area (Å²) in [5.74, 6) is -0.391. The molecule has 0 heterocycles. The Kier molecular flexibility index (Phi) is 5.26. The highest BCUT2D eigenvalue weighted by Crippen LogP contribution is 2.28. The zero-order chi connectivity index (χ0) is 16.9. The van der Waals surface area contributed by atoms with Gasteiger partial charge in [-0.1, -0.05) is 31.2 Å². The minimum absolute atomic E-state index is 0.298. The SMILES string of the molecule is CCc1ccc(/C=N/N=C/c2ccc(C(F)(F)F)cc2)c(F)c1. The molecule has 2 rings (SSSR count). The highest BCUT2D eigenvalue weighted by atomic mass is 19.4. The summed E-state index contributed by atoms with van der Waals surface area (Å²) in [5, 5.41) is 7.42. The number of aryl methyl sites for hydroxylation is 1. The molecule has 0 aromatic heterocycles. The minimum atomic E-state index is -4.37. The van der Waals surface area contributed by atoms with Gasteiger partial charge in [0.1, 0.15) is 5.82 Å². The van der Waals surface area contributed by atoms with E-state index in [1.54, 1.807) is 12.1 Å². The quantitative estimate of drug-likeness (QED) is 0.436. The van der Waals surface area contributed by atoms with Crippen LogP contribution in [0.3, 0.4) is 0 Å². The van der Waals surface area contributed by atoms with Crippen molar-refractivity contribution >= 4 is 12.4 Å². The van der Waals surface area contributed by atoms with Crippen LogP contribution in [0, 0.1) is 5.82 Å². The van der Waals surface area contributed by atoms with Gasteiger partial charge in [0.15, 0.2) is 0 Å². The average Bonchev–Trinajstić information content (AvgIpc) is 2.52. The van der Waals surface area contributed by atoms with Gasteiger partial charge in [0, 0.05) is 5.56 Å². The normalized spacial score (nSPS) is 12.4. The predicted octanol–water partition coefficient (Wildman–Crippen LogP) is 4.86. The van der Waals surface area contributed by atoms with Gasteiger partial charge in [0.25, 0.3) is 0 Å². The largest absolute Gasteiger partial charge is 0.416 e. The van der Waals surface area contributed by atoms with Crippen molar-refractivity contribution in [2.45, 2.75) is 19.5 Å². The Labute approximate surface area is 131 Å². The molecule has 0 aliphatic heterocycles. The molecular weight excluding hydrogens is 308 g/mol. The molecule has 23 heavy (non-hydrogen) atoms. The van der Waals surface area contributed by atoms with Gasteiger partial charge in [0.2, 0.25) is 0 Å². The van der Waals surface area contributed by atoms with E-state index in [4.69, 9.17) is 0 Å².